The van der Waals surface area contributed by atoms with Gasteiger partial charge in [0.25, 0.3) is 0 Å². The maximum absolute atomic E-state index is 12.5. The van der Waals surface area contributed by atoms with Crippen LogP contribution in [-0.2, 0) is 22.4 Å². The van der Waals surface area contributed by atoms with Crippen molar-refractivity contribution in [2.24, 2.45) is 0 Å². The highest BCUT2D eigenvalue weighted by Gasteiger charge is 2.28. The van der Waals surface area contributed by atoms with Gasteiger partial charge < -0.3 is 19.9 Å². The van der Waals surface area contributed by atoms with E-state index >= 15 is 0 Å². The second kappa shape index (κ2) is 7.15. The number of nitrogens with zero attached hydrogens (tertiary/aromatic N) is 1. The predicted octanol–water partition coefficient (Wildman–Crippen LogP) is 2.42. The summed E-state index contributed by atoms with van der Waals surface area (Å²) in [5, 5.41) is 3.81. The van der Waals surface area contributed by atoms with Gasteiger partial charge in [-0.15, -0.1) is 0 Å². The number of methoxy groups -OCH3 is 1. The van der Waals surface area contributed by atoms with Crippen LogP contribution in [0.3, 0.4) is 0 Å². The molecule has 1 aliphatic rings. The highest BCUT2D eigenvalue weighted by Crippen LogP contribution is 2.27. The molecule has 0 aliphatic carbocycles. The number of benzene rings is 2. The molecule has 2 amide bonds. The zero-order chi connectivity index (χ0) is 18.8. The number of rotatable bonds is 4. The van der Waals surface area contributed by atoms with Crippen molar-refractivity contribution in [2.45, 2.75) is 12.8 Å². The van der Waals surface area contributed by atoms with Crippen LogP contribution in [-0.4, -0.2) is 37.0 Å². The molecule has 0 unspecified atom stereocenters. The molecule has 2 aromatic carbocycles. The van der Waals surface area contributed by atoms with Gasteiger partial charge in [-0.3, -0.25) is 9.59 Å². The Bertz CT molecular complexity index is 1010. The number of nitrogens with one attached hydrogen (secondary N) is 2. The van der Waals surface area contributed by atoms with Crippen molar-refractivity contribution in [3.05, 3.63) is 59.8 Å². The number of fused-ring (bicyclic) bond motifs is 2. The molecule has 0 fully saturated rings. The summed E-state index contributed by atoms with van der Waals surface area (Å²) < 4.78 is 5.27. The summed E-state index contributed by atoms with van der Waals surface area (Å²) in [6, 6.07) is 13.5. The Morgan fingerprint density at radius 1 is 1.22 bits per heavy atom. The van der Waals surface area contributed by atoms with Crippen LogP contribution in [0.5, 0.6) is 5.75 Å². The lowest BCUT2D eigenvalue weighted by Crippen LogP contribution is -2.43. The average molecular weight is 363 g/mol. The van der Waals surface area contributed by atoms with Crippen LogP contribution in [0, 0.1) is 0 Å². The maximum atomic E-state index is 12.5. The summed E-state index contributed by atoms with van der Waals surface area (Å²) in [7, 11) is 1.63. The zero-order valence-electron chi connectivity index (χ0n) is 15.1. The Hall–Kier alpha value is -3.28. The number of aromatic nitrogens is 1. The Balaban J connectivity index is 1.38. The molecule has 4 rings (SSSR count). The van der Waals surface area contributed by atoms with Crippen LogP contribution >= 0.6 is 0 Å². The lowest BCUT2D eigenvalue weighted by molar-refractivity contribution is -0.137. The van der Waals surface area contributed by atoms with Crippen LogP contribution < -0.4 is 15.0 Å². The molecule has 138 valence electrons. The van der Waals surface area contributed by atoms with Crippen molar-refractivity contribution in [1.29, 1.82) is 0 Å². The highest BCUT2D eigenvalue weighted by atomic mass is 16.5. The van der Waals surface area contributed by atoms with E-state index in [2.05, 4.69) is 10.3 Å². The van der Waals surface area contributed by atoms with E-state index < -0.39 is 11.8 Å². The summed E-state index contributed by atoms with van der Waals surface area (Å²) in [4.78, 5) is 29.6. The van der Waals surface area contributed by atoms with Crippen LogP contribution in [0.1, 0.15) is 11.1 Å². The first-order valence-corrected chi connectivity index (χ1v) is 8.99. The van der Waals surface area contributed by atoms with Gasteiger partial charge in [-0.05, 0) is 48.2 Å². The molecule has 0 saturated heterocycles. The monoisotopic (exact) mass is 363 g/mol. The van der Waals surface area contributed by atoms with Crippen molar-refractivity contribution in [3.8, 4) is 5.75 Å². The molecule has 0 atom stereocenters. The van der Waals surface area contributed by atoms with E-state index in [0.29, 0.717) is 19.5 Å². The first-order valence-electron chi connectivity index (χ1n) is 8.99. The van der Waals surface area contributed by atoms with E-state index in [0.717, 1.165) is 39.9 Å². The third kappa shape index (κ3) is 3.26. The summed E-state index contributed by atoms with van der Waals surface area (Å²) in [5.74, 6) is -0.278. The number of hydrogen-bond acceptors (Lipinski definition) is 3. The van der Waals surface area contributed by atoms with Gasteiger partial charge in [-0.2, -0.15) is 0 Å². The highest BCUT2D eigenvalue weighted by molar-refractivity contribution is 6.40. The number of aromatic amines is 1. The van der Waals surface area contributed by atoms with E-state index in [1.165, 1.54) is 0 Å². The summed E-state index contributed by atoms with van der Waals surface area (Å²) >= 11 is 0. The second-order valence-electron chi connectivity index (χ2n) is 6.57. The summed E-state index contributed by atoms with van der Waals surface area (Å²) in [6.45, 7) is 0.943. The summed E-state index contributed by atoms with van der Waals surface area (Å²) in [5.41, 5.74) is 4.03. The van der Waals surface area contributed by atoms with Gasteiger partial charge in [0.05, 0.1) is 7.11 Å². The van der Waals surface area contributed by atoms with Gasteiger partial charge in [0.2, 0.25) is 0 Å². The molecule has 0 spiro atoms. The van der Waals surface area contributed by atoms with Crippen molar-refractivity contribution in [2.75, 3.05) is 25.1 Å². The molecule has 3 aromatic rings. The number of H-pyrrole nitrogens is 1. The Kier molecular flexibility index (Phi) is 4.54. The number of para-hydroxylation sites is 1. The van der Waals surface area contributed by atoms with Crippen molar-refractivity contribution < 1.29 is 14.3 Å². The maximum Gasteiger partial charge on any atom is 0.316 e. The number of anilines is 1. The number of hydrogen-bond donors (Lipinski definition) is 2. The van der Waals surface area contributed by atoms with E-state index in [9.17, 15) is 9.59 Å². The van der Waals surface area contributed by atoms with E-state index in [1.807, 2.05) is 48.7 Å². The molecule has 6 heteroatoms. The van der Waals surface area contributed by atoms with Gasteiger partial charge in [0, 0.05) is 35.9 Å². The van der Waals surface area contributed by atoms with Crippen molar-refractivity contribution >= 4 is 28.4 Å². The van der Waals surface area contributed by atoms with E-state index in [1.54, 1.807) is 12.0 Å². The van der Waals surface area contributed by atoms with Gasteiger partial charge in [-0.1, -0.05) is 18.2 Å². The van der Waals surface area contributed by atoms with Gasteiger partial charge in [0.1, 0.15) is 5.75 Å². The van der Waals surface area contributed by atoms with Crippen molar-refractivity contribution in [1.82, 2.24) is 10.3 Å². The van der Waals surface area contributed by atoms with Gasteiger partial charge >= 0.3 is 11.8 Å². The molecule has 1 aromatic heterocycles. The zero-order valence-corrected chi connectivity index (χ0v) is 15.1. The summed E-state index contributed by atoms with van der Waals surface area (Å²) in [6.07, 6.45) is 3.34. The fourth-order valence-electron chi connectivity index (χ4n) is 3.55. The largest absolute Gasteiger partial charge is 0.497 e. The normalized spacial score (nSPS) is 12.9. The van der Waals surface area contributed by atoms with Crippen LogP contribution in [0.15, 0.2) is 48.7 Å². The van der Waals surface area contributed by atoms with Crippen LogP contribution in [0.25, 0.3) is 10.9 Å². The molecule has 2 N–H and O–H groups in total. The lowest BCUT2D eigenvalue weighted by Gasteiger charge is -2.16. The number of carbonyl (C=O) groups is 2. The van der Waals surface area contributed by atoms with E-state index in [-0.39, 0.29) is 0 Å². The number of ether oxygens (including phenoxy) is 1. The number of carbonyl (C=O) groups excluding carboxylic acids is 2. The molecular weight excluding hydrogens is 342 g/mol. The third-order valence-electron chi connectivity index (χ3n) is 4.98. The minimum atomic E-state index is -0.566. The molecular formula is C21H21N3O3. The molecule has 0 saturated carbocycles. The predicted molar refractivity (Wildman–Crippen MR) is 104 cm³/mol. The fourth-order valence-corrected chi connectivity index (χ4v) is 3.55. The SMILES string of the molecule is COc1ccc2[nH]cc(CCNC(=O)C(=O)N3CCc4ccccc43)c2c1. The van der Waals surface area contributed by atoms with Gasteiger partial charge in [0.15, 0.2) is 0 Å². The van der Waals surface area contributed by atoms with Crippen LogP contribution in [0.2, 0.25) is 0 Å². The minimum Gasteiger partial charge on any atom is -0.497 e. The van der Waals surface area contributed by atoms with Crippen molar-refractivity contribution in [3.63, 3.8) is 0 Å². The average Bonchev–Trinajstić information content (AvgIpc) is 3.31. The Morgan fingerprint density at radius 3 is 2.93 bits per heavy atom. The lowest BCUT2D eigenvalue weighted by atomic mass is 10.1. The molecule has 0 bridgehead atoms. The molecule has 27 heavy (non-hydrogen) atoms. The second-order valence-corrected chi connectivity index (χ2v) is 6.57. The minimum absolute atomic E-state index is 0.393. The van der Waals surface area contributed by atoms with E-state index in [4.69, 9.17) is 4.74 Å². The quantitative estimate of drug-likeness (QED) is 0.699. The Labute approximate surface area is 157 Å². The van der Waals surface area contributed by atoms with Gasteiger partial charge in [-0.25, -0.2) is 0 Å². The first kappa shape index (κ1) is 17.1. The molecule has 6 nitrogen and oxygen atoms in total. The fraction of sp³-hybridized carbons (Fsp3) is 0.238. The molecule has 0 radical (unpaired) electrons. The third-order valence-corrected chi connectivity index (χ3v) is 4.98. The smallest absolute Gasteiger partial charge is 0.316 e. The topological polar surface area (TPSA) is 74.4 Å². The molecule has 2 heterocycles. The molecule has 1 aliphatic heterocycles. The Morgan fingerprint density at radius 2 is 2.07 bits per heavy atom. The first-order chi connectivity index (χ1) is 13.2. The standard InChI is InChI=1S/C21H21N3O3/c1-27-16-6-7-18-17(12-16)15(13-23-18)8-10-22-20(25)21(26)24-11-9-14-4-2-3-5-19(14)24/h2-7,12-13,23H,8-11H2,1H3,(H,22,25). The van der Waals surface area contributed by atoms with Crippen LogP contribution in [0.4, 0.5) is 5.69 Å². The number of amides is 2.